The fourth-order valence-corrected chi connectivity index (χ4v) is 1.11. The Kier molecular flexibility index (Phi) is 2.98. The molecule has 1 rings (SSSR count). The molecule has 0 saturated carbocycles. The minimum atomic E-state index is 0.709. The lowest BCUT2D eigenvalue weighted by Crippen LogP contribution is -1.91. The molecule has 60 valence electrons. The third-order valence-electron chi connectivity index (χ3n) is 1.37. The van der Waals surface area contributed by atoms with Gasteiger partial charge in [-0.05, 0) is 31.2 Å². The van der Waals surface area contributed by atoms with Gasteiger partial charge in [0.05, 0.1) is 6.61 Å². The molecule has 0 fully saturated rings. The van der Waals surface area contributed by atoms with Gasteiger partial charge in [0.15, 0.2) is 0 Å². The summed E-state index contributed by atoms with van der Waals surface area (Å²) < 4.78 is 10.4. The van der Waals surface area contributed by atoms with E-state index in [1.54, 1.807) is 0 Å². The minimum Gasteiger partial charge on any atom is -0.553 e. The highest BCUT2D eigenvalue weighted by Gasteiger charge is 1.91. The Morgan fingerprint density at radius 2 is 1.73 bits per heavy atom. The van der Waals surface area contributed by atoms with E-state index in [1.807, 2.05) is 31.2 Å². The van der Waals surface area contributed by atoms with E-state index in [1.165, 1.54) is 0 Å². The highest BCUT2D eigenvalue weighted by molar-refractivity contribution is 5.99. The van der Waals surface area contributed by atoms with E-state index in [9.17, 15) is 0 Å². The van der Waals surface area contributed by atoms with Gasteiger partial charge in [0, 0.05) is 0 Å². The van der Waals surface area contributed by atoms with Gasteiger partial charge in [-0.15, -0.1) is 0 Å². The van der Waals surface area contributed by atoms with Crippen molar-refractivity contribution >= 4 is 10.5 Å². The molecule has 0 unspecified atom stereocenters. The van der Waals surface area contributed by atoms with Gasteiger partial charge in [-0.1, -0.05) is 0 Å². The summed E-state index contributed by atoms with van der Waals surface area (Å²) in [6.45, 7) is 2.68. The van der Waals surface area contributed by atoms with E-state index in [-0.39, 0.29) is 0 Å². The van der Waals surface area contributed by atoms with Crippen molar-refractivity contribution in [2.45, 2.75) is 6.92 Å². The molecular formula is C8H12O2Si. The minimum absolute atomic E-state index is 0.709. The van der Waals surface area contributed by atoms with Crippen LogP contribution in [-0.2, 0) is 0 Å². The maximum atomic E-state index is 5.26. The Balaban J connectivity index is 2.66. The summed E-state index contributed by atoms with van der Waals surface area (Å²) in [5, 5.41) is 0. The van der Waals surface area contributed by atoms with Crippen LogP contribution in [0.2, 0.25) is 0 Å². The van der Waals surface area contributed by atoms with Crippen molar-refractivity contribution in [1.29, 1.82) is 0 Å². The molecule has 0 saturated heterocycles. The molecule has 0 N–H and O–H groups in total. The van der Waals surface area contributed by atoms with Crippen molar-refractivity contribution in [3.8, 4) is 11.5 Å². The van der Waals surface area contributed by atoms with Gasteiger partial charge in [0.1, 0.15) is 11.5 Å². The smallest absolute Gasteiger partial charge is 0.204 e. The lowest BCUT2D eigenvalue weighted by atomic mass is 10.3. The molecule has 1 aromatic rings. The standard InChI is InChI=1S/C8H12O2Si/c1-2-9-7-3-5-8(10-11)6-4-7/h3-6H,2H2,1,11H3. The Labute approximate surface area is 69.7 Å². The Morgan fingerprint density at radius 3 is 2.18 bits per heavy atom. The van der Waals surface area contributed by atoms with E-state index < -0.39 is 0 Å². The summed E-state index contributed by atoms with van der Waals surface area (Å²) in [5.74, 6) is 1.81. The first-order chi connectivity index (χ1) is 5.36. The van der Waals surface area contributed by atoms with Gasteiger partial charge in [0.25, 0.3) is 0 Å². The van der Waals surface area contributed by atoms with Crippen molar-refractivity contribution in [2.24, 2.45) is 0 Å². The van der Waals surface area contributed by atoms with Crippen molar-refractivity contribution in [3.05, 3.63) is 24.3 Å². The van der Waals surface area contributed by atoms with E-state index in [0.29, 0.717) is 6.61 Å². The topological polar surface area (TPSA) is 18.5 Å². The van der Waals surface area contributed by atoms with Crippen LogP contribution in [0.3, 0.4) is 0 Å². The van der Waals surface area contributed by atoms with Crippen LogP contribution in [0.15, 0.2) is 24.3 Å². The second-order valence-electron chi connectivity index (χ2n) is 2.11. The van der Waals surface area contributed by atoms with Crippen LogP contribution in [-0.4, -0.2) is 17.1 Å². The number of rotatable bonds is 3. The van der Waals surface area contributed by atoms with Gasteiger partial charge >= 0.3 is 0 Å². The lowest BCUT2D eigenvalue weighted by molar-refractivity contribution is 0.340. The van der Waals surface area contributed by atoms with Crippen LogP contribution in [0, 0.1) is 0 Å². The number of benzene rings is 1. The molecular weight excluding hydrogens is 156 g/mol. The lowest BCUT2D eigenvalue weighted by Gasteiger charge is -2.03. The SMILES string of the molecule is CCOc1ccc(O[SiH3])cc1. The summed E-state index contributed by atoms with van der Waals surface area (Å²) in [6.07, 6.45) is 0. The van der Waals surface area contributed by atoms with Crippen molar-refractivity contribution < 1.29 is 9.16 Å². The van der Waals surface area contributed by atoms with Gasteiger partial charge in [-0.25, -0.2) is 0 Å². The van der Waals surface area contributed by atoms with E-state index in [0.717, 1.165) is 22.0 Å². The van der Waals surface area contributed by atoms with Gasteiger partial charge in [0.2, 0.25) is 10.5 Å². The Morgan fingerprint density at radius 1 is 1.18 bits per heavy atom. The highest BCUT2D eigenvalue weighted by atomic mass is 28.2. The average Bonchev–Trinajstić information content (AvgIpc) is 2.07. The molecule has 0 aliphatic rings. The highest BCUT2D eigenvalue weighted by Crippen LogP contribution is 2.16. The maximum Gasteiger partial charge on any atom is 0.204 e. The number of hydrogen-bond donors (Lipinski definition) is 0. The van der Waals surface area contributed by atoms with Gasteiger partial charge in [-0.2, -0.15) is 0 Å². The van der Waals surface area contributed by atoms with Crippen LogP contribution in [0.4, 0.5) is 0 Å². The molecule has 0 aliphatic heterocycles. The molecule has 0 bridgehead atoms. The first kappa shape index (κ1) is 8.14. The summed E-state index contributed by atoms with van der Waals surface area (Å²) >= 11 is 0. The molecule has 0 aromatic heterocycles. The van der Waals surface area contributed by atoms with Crippen LogP contribution in [0.25, 0.3) is 0 Å². The molecule has 0 atom stereocenters. The van der Waals surface area contributed by atoms with Crippen LogP contribution in [0.5, 0.6) is 11.5 Å². The van der Waals surface area contributed by atoms with Crippen molar-refractivity contribution in [1.82, 2.24) is 0 Å². The van der Waals surface area contributed by atoms with Crippen molar-refractivity contribution in [2.75, 3.05) is 6.61 Å². The monoisotopic (exact) mass is 168 g/mol. The molecule has 2 nitrogen and oxygen atoms in total. The fourth-order valence-electron chi connectivity index (χ4n) is 0.839. The second-order valence-corrected chi connectivity index (χ2v) is 2.52. The van der Waals surface area contributed by atoms with Crippen LogP contribution in [0.1, 0.15) is 6.92 Å². The molecule has 1 aromatic carbocycles. The quantitative estimate of drug-likeness (QED) is 0.620. The third-order valence-corrected chi connectivity index (χ3v) is 1.84. The third kappa shape index (κ3) is 2.27. The zero-order chi connectivity index (χ0) is 8.10. The summed E-state index contributed by atoms with van der Waals surface area (Å²) in [7, 11) is 0.736. The Hall–Kier alpha value is -0.963. The predicted molar refractivity (Wildman–Crippen MR) is 48.2 cm³/mol. The van der Waals surface area contributed by atoms with Crippen molar-refractivity contribution in [3.63, 3.8) is 0 Å². The zero-order valence-electron chi connectivity index (χ0n) is 6.83. The summed E-state index contributed by atoms with van der Waals surface area (Å²) in [6, 6.07) is 7.66. The van der Waals surface area contributed by atoms with E-state index >= 15 is 0 Å². The summed E-state index contributed by atoms with van der Waals surface area (Å²) in [4.78, 5) is 0. The predicted octanol–water partition coefficient (Wildman–Crippen LogP) is 0.744. The molecule has 0 heterocycles. The fraction of sp³-hybridized carbons (Fsp3) is 0.250. The molecule has 0 spiro atoms. The van der Waals surface area contributed by atoms with E-state index in [4.69, 9.17) is 9.16 Å². The first-order valence-corrected chi connectivity index (χ1v) is 4.45. The summed E-state index contributed by atoms with van der Waals surface area (Å²) in [5.41, 5.74) is 0. The Bertz CT molecular complexity index is 208. The average molecular weight is 168 g/mol. The van der Waals surface area contributed by atoms with Gasteiger partial charge in [-0.3, -0.25) is 0 Å². The second kappa shape index (κ2) is 4.03. The van der Waals surface area contributed by atoms with Crippen LogP contribution < -0.4 is 9.16 Å². The van der Waals surface area contributed by atoms with E-state index in [2.05, 4.69) is 0 Å². The first-order valence-electron chi connectivity index (χ1n) is 3.63. The molecule has 0 aliphatic carbocycles. The number of ether oxygens (including phenoxy) is 1. The molecule has 3 heteroatoms. The maximum absolute atomic E-state index is 5.26. The van der Waals surface area contributed by atoms with Crippen LogP contribution >= 0.6 is 0 Å². The number of hydrogen-bond acceptors (Lipinski definition) is 2. The molecule has 0 radical (unpaired) electrons. The van der Waals surface area contributed by atoms with Gasteiger partial charge < -0.3 is 9.16 Å². The molecule has 0 amide bonds. The normalized spacial score (nSPS) is 9.55. The largest absolute Gasteiger partial charge is 0.553 e. The molecule has 11 heavy (non-hydrogen) atoms. The zero-order valence-corrected chi connectivity index (χ0v) is 8.83.